The molecule has 7 heteroatoms. The van der Waals surface area contributed by atoms with Crippen LogP contribution in [-0.2, 0) is 4.79 Å². The van der Waals surface area contributed by atoms with Crippen LogP contribution < -0.4 is 10.1 Å². The van der Waals surface area contributed by atoms with Crippen LogP contribution in [0.4, 0.5) is 10.2 Å². The molecule has 138 valence electrons. The highest BCUT2D eigenvalue weighted by Gasteiger charge is 2.30. The van der Waals surface area contributed by atoms with Crippen molar-refractivity contribution in [3.05, 3.63) is 71.2 Å². The van der Waals surface area contributed by atoms with E-state index in [4.69, 9.17) is 4.74 Å². The van der Waals surface area contributed by atoms with Crippen LogP contribution in [0.25, 0.3) is 5.69 Å². The van der Waals surface area contributed by atoms with Crippen LogP contribution >= 0.6 is 11.8 Å². The number of amides is 1. The van der Waals surface area contributed by atoms with Crippen LogP contribution in [0.15, 0.2) is 48.5 Å². The predicted octanol–water partition coefficient (Wildman–Crippen LogP) is 4.10. The van der Waals surface area contributed by atoms with Crippen LogP contribution in [0.5, 0.6) is 5.75 Å². The summed E-state index contributed by atoms with van der Waals surface area (Å²) in [4.78, 5) is 12.3. The van der Waals surface area contributed by atoms with Crippen LogP contribution in [0.3, 0.4) is 0 Å². The molecule has 0 bridgehead atoms. The standard InChI is InChI=1S/C20H18FN3O2S/c1-12-18-19(13-3-9-16(26-2)10-4-13)27-11-17(25)22-20(18)24(23-12)15-7-5-14(21)6-8-15/h3-10,19H,11H2,1-2H3,(H,22,25)/t19-/m1/s1. The van der Waals surface area contributed by atoms with Crippen molar-refractivity contribution in [2.45, 2.75) is 12.2 Å². The lowest BCUT2D eigenvalue weighted by Gasteiger charge is -2.16. The first-order valence-electron chi connectivity index (χ1n) is 8.47. The number of halogens is 1. The molecule has 2 heterocycles. The fourth-order valence-corrected chi connectivity index (χ4v) is 4.38. The molecule has 4 rings (SSSR count). The van der Waals surface area contributed by atoms with Crippen molar-refractivity contribution >= 4 is 23.5 Å². The number of aryl methyl sites for hydroxylation is 1. The SMILES string of the molecule is COc1ccc([C@H]2SCC(=O)Nc3c2c(C)nn3-c2ccc(F)cc2)cc1. The minimum Gasteiger partial charge on any atom is -0.497 e. The topological polar surface area (TPSA) is 56.1 Å². The molecule has 1 N–H and O–H groups in total. The van der Waals surface area contributed by atoms with Crippen molar-refractivity contribution in [2.24, 2.45) is 0 Å². The minimum atomic E-state index is -0.315. The third kappa shape index (κ3) is 3.30. The predicted molar refractivity (Wildman–Crippen MR) is 104 cm³/mol. The number of ether oxygens (including phenoxy) is 1. The summed E-state index contributed by atoms with van der Waals surface area (Å²) >= 11 is 1.56. The van der Waals surface area contributed by atoms with E-state index in [1.165, 1.54) is 12.1 Å². The van der Waals surface area contributed by atoms with Crippen molar-refractivity contribution in [1.29, 1.82) is 0 Å². The molecule has 0 unspecified atom stereocenters. The lowest BCUT2D eigenvalue weighted by atomic mass is 10.0. The maximum atomic E-state index is 13.3. The largest absolute Gasteiger partial charge is 0.497 e. The van der Waals surface area contributed by atoms with E-state index in [1.807, 2.05) is 31.2 Å². The summed E-state index contributed by atoms with van der Waals surface area (Å²) in [5.74, 6) is 1.36. The molecule has 1 aliphatic rings. The fraction of sp³-hybridized carbons (Fsp3) is 0.200. The normalized spacial score (nSPS) is 16.4. The number of rotatable bonds is 3. The number of nitrogens with zero attached hydrogens (tertiary/aromatic N) is 2. The first-order valence-corrected chi connectivity index (χ1v) is 9.52. The van der Waals surface area contributed by atoms with Crippen molar-refractivity contribution in [3.8, 4) is 11.4 Å². The van der Waals surface area contributed by atoms with E-state index in [-0.39, 0.29) is 17.0 Å². The van der Waals surface area contributed by atoms with Gasteiger partial charge in [-0.3, -0.25) is 4.79 Å². The Morgan fingerprint density at radius 1 is 1.19 bits per heavy atom. The minimum absolute atomic E-state index is 0.0425. The molecule has 0 radical (unpaired) electrons. The molecule has 5 nitrogen and oxygen atoms in total. The summed E-state index contributed by atoms with van der Waals surface area (Å²) in [6, 6.07) is 13.9. The number of hydrogen-bond acceptors (Lipinski definition) is 4. The number of anilines is 1. The number of carbonyl (C=O) groups excluding carboxylic acids is 1. The van der Waals surface area contributed by atoms with Gasteiger partial charge in [0.25, 0.3) is 0 Å². The highest BCUT2D eigenvalue weighted by atomic mass is 32.2. The van der Waals surface area contributed by atoms with Gasteiger partial charge in [-0.15, -0.1) is 11.8 Å². The van der Waals surface area contributed by atoms with Gasteiger partial charge in [-0.1, -0.05) is 12.1 Å². The van der Waals surface area contributed by atoms with Gasteiger partial charge in [0.2, 0.25) is 5.91 Å². The van der Waals surface area contributed by atoms with Crippen molar-refractivity contribution in [1.82, 2.24) is 9.78 Å². The smallest absolute Gasteiger partial charge is 0.235 e. The number of thioether (sulfide) groups is 1. The lowest BCUT2D eigenvalue weighted by Crippen LogP contribution is -2.15. The summed E-state index contributed by atoms with van der Waals surface area (Å²) < 4.78 is 20.2. The van der Waals surface area contributed by atoms with Crippen molar-refractivity contribution < 1.29 is 13.9 Å². The van der Waals surface area contributed by atoms with E-state index in [2.05, 4.69) is 10.4 Å². The van der Waals surface area contributed by atoms with Crippen LogP contribution in [0.2, 0.25) is 0 Å². The Kier molecular flexibility index (Phi) is 4.61. The average molecular weight is 383 g/mol. The van der Waals surface area contributed by atoms with Gasteiger partial charge in [-0.2, -0.15) is 5.10 Å². The Hall–Kier alpha value is -2.80. The number of carbonyl (C=O) groups is 1. The first-order chi connectivity index (χ1) is 13.1. The molecule has 1 aromatic heterocycles. The number of hydrogen-bond donors (Lipinski definition) is 1. The lowest BCUT2D eigenvalue weighted by molar-refractivity contribution is -0.113. The number of fused-ring (bicyclic) bond motifs is 1. The van der Waals surface area contributed by atoms with E-state index in [0.29, 0.717) is 17.3 Å². The number of benzene rings is 2. The molecule has 1 aliphatic heterocycles. The Morgan fingerprint density at radius 2 is 1.89 bits per heavy atom. The maximum Gasteiger partial charge on any atom is 0.235 e. The van der Waals surface area contributed by atoms with Gasteiger partial charge >= 0.3 is 0 Å². The molecule has 0 spiro atoms. The van der Waals surface area contributed by atoms with Gasteiger partial charge < -0.3 is 10.1 Å². The summed E-state index contributed by atoms with van der Waals surface area (Å²) in [5.41, 5.74) is 3.55. The first kappa shape index (κ1) is 17.6. The Balaban J connectivity index is 1.84. The van der Waals surface area contributed by atoms with Gasteiger partial charge in [0.15, 0.2) is 0 Å². The van der Waals surface area contributed by atoms with E-state index in [0.717, 1.165) is 22.6 Å². The van der Waals surface area contributed by atoms with Gasteiger partial charge in [0, 0.05) is 5.56 Å². The molecule has 2 aromatic carbocycles. The van der Waals surface area contributed by atoms with Gasteiger partial charge in [0.05, 0.1) is 29.5 Å². The molecule has 1 atom stereocenters. The molecule has 27 heavy (non-hydrogen) atoms. The molecule has 1 amide bonds. The summed E-state index contributed by atoms with van der Waals surface area (Å²) in [6.07, 6.45) is 0. The fourth-order valence-electron chi connectivity index (χ4n) is 3.19. The number of methoxy groups -OCH3 is 1. The molecule has 0 aliphatic carbocycles. The zero-order chi connectivity index (χ0) is 19.0. The zero-order valence-corrected chi connectivity index (χ0v) is 15.7. The van der Waals surface area contributed by atoms with Crippen LogP contribution in [0, 0.1) is 12.7 Å². The molecular formula is C20H18FN3O2S. The van der Waals surface area contributed by atoms with E-state index < -0.39 is 0 Å². The third-order valence-electron chi connectivity index (χ3n) is 4.50. The third-order valence-corrected chi connectivity index (χ3v) is 5.77. The van der Waals surface area contributed by atoms with Gasteiger partial charge in [0.1, 0.15) is 17.4 Å². The van der Waals surface area contributed by atoms with E-state index >= 15 is 0 Å². The zero-order valence-electron chi connectivity index (χ0n) is 14.9. The molecular weight excluding hydrogens is 365 g/mol. The highest BCUT2D eigenvalue weighted by molar-refractivity contribution is 8.00. The highest BCUT2D eigenvalue weighted by Crippen LogP contribution is 2.44. The van der Waals surface area contributed by atoms with E-state index in [1.54, 1.807) is 35.7 Å². The number of aromatic nitrogens is 2. The molecule has 0 saturated carbocycles. The monoisotopic (exact) mass is 383 g/mol. The van der Waals surface area contributed by atoms with Crippen LogP contribution in [0.1, 0.15) is 22.1 Å². The summed E-state index contributed by atoms with van der Waals surface area (Å²) in [6.45, 7) is 1.92. The van der Waals surface area contributed by atoms with Crippen LogP contribution in [-0.4, -0.2) is 28.6 Å². The molecule has 3 aromatic rings. The second kappa shape index (κ2) is 7.08. The number of nitrogens with one attached hydrogen (secondary N) is 1. The quantitative estimate of drug-likeness (QED) is 0.740. The van der Waals surface area contributed by atoms with E-state index in [9.17, 15) is 9.18 Å². The van der Waals surface area contributed by atoms with Crippen molar-refractivity contribution in [3.63, 3.8) is 0 Å². The molecule has 0 saturated heterocycles. The molecule has 0 fully saturated rings. The Bertz CT molecular complexity index is 984. The second-order valence-electron chi connectivity index (χ2n) is 6.25. The summed E-state index contributed by atoms with van der Waals surface area (Å²) in [5, 5.41) is 7.55. The average Bonchev–Trinajstić information content (AvgIpc) is 2.88. The Morgan fingerprint density at radius 3 is 2.56 bits per heavy atom. The second-order valence-corrected chi connectivity index (χ2v) is 7.34. The summed E-state index contributed by atoms with van der Waals surface area (Å²) in [7, 11) is 1.63. The van der Waals surface area contributed by atoms with Gasteiger partial charge in [-0.05, 0) is 48.9 Å². The van der Waals surface area contributed by atoms with Crippen molar-refractivity contribution in [2.75, 3.05) is 18.2 Å². The van der Waals surface area contributed by atoms with Gasteiger partial charge in [-0.25, -0.2) is 9.07 Å². The Labute approximate surface area is 160 Å². The maximum absolute atomic E-state index is 13.3.